The molecule has 1 saturated carbocycles. The second-order valence-corrected chi connectivity index (χ2v) is 23.5. The molecule has 2 unspecified atom stereocenters. The van der Waals surface area contributed by atoms with E-state index in [1.807, 2.05) is 0 Å². The first-order chi connectivity index (χ1) is 17.9. The van der Waals surface area contributed by atoms with Crippen LogP contribution in [-0.2, 0) is 23.2 Å². The number of ketones is 1. The minimum Gasteiger partial charge on any atom is -0.469 e. The molecule has 8 heteroatoms. The third-order valence-electron chi connectivity index (χ3n) is 8.41. The second-order valence-electron chi connectivity index (χ2n) is 14.3. The van der Waals surface area contributed by atoms with Gasteiger partial charge in [0.1, 0.15) is 5.78 Å². The molecule has 0 aromatic heterocycles. The number of hydrogen-bond donors (Lipinski definition) is 1. The summed E-state index contributed by atoms with van der Waals surface area (Å²) in [6.07, 6.45) is 11.0. The number of unbranched alkanes of at least 4 members (excludes halogenated alkanes) is 3. The minimum atomic E-state index is -2.11. The van der Waals surface area contributed by atoms with Crippen molar-refractivity contribution in [2.45, 2.75) is 154 Å². The lowest BCUT2D eigenvalue weighted by Gasteiger charge is -2.40. The normalized spacial score (nSPS) is 23.3. The van der Waals surface area contributed by atoms with Crippen molar-refractivity contribution in [3.05, 3.63) is 12.2 Å². The van der Waals surface area contributed by atoms with Gasteiger partial charge in [-0.05, 0) is 70.4 Å². The fourth-order valence-electron chi connectivity index (χ4n) is 5.35. The average Bonchev–Trinajstić information content (AvgIpc) is 3.09. The maximum absolute atomic E-state index is 13.3. The molecular formula is C31H60O6Si2. The summed E-state index contributed by atoms with van der Waals surface area (Å²) in [6, 6.07) is 0. The summed E-state index contributed by atoms with van der Waals surface area (Å²) in [5, 5.41) is 11.3. The van der Waals surface area contributed by atoms with Crippen LogP contribution < -0.4 is 0 Å². The lowest BCUT2D eigenvalue weighted by Crippen LogP contribution is -2.45. The van der Waals surface area contributed by atoms with Crippen molar-refractivity contribution >= 4 is 28.4 Å². The highest BCUT2D eigenvalue weighted by Crippen LogP contribution is 2.43. The summed E-state index contributed by atoms with van der Waals surface area (Å²) < 4.78 is 18.2. The van der Waals surface area contributed by atoms with E-state index >= 15 is 0 Å². The molecule has 1 rings (SSSR count). The number of aliphatic hydroxyl groups is 1. The molecule has 0 aliphatic heterocycles. The van der Waals surface area contributed by atoms with E-state index in [1.54, 1.807) is 0 Å². The Labute approximate surface area is 241 Å². The molecule has 0 aromatic rings. The van der Waals surface area contributed by atoms with Crippen LogP contribution in [0.15, 0.2) is 12.2 Å². The van der Waals surface area contributed by atoms with E-state index in [-0.39, 0.29) is 34.4 Å². The molecule has 228 valence electrons. The molecule has 0 aromatic carbocycles. The third-order valence-corrected chi connectivity index (χ3v) is 14.0. The maximum atomic E-state index is 13.3. The maximum Gasteiger partial charge on any atom is 0.305 e. The molecule has 1 fully saturated rings. The monoisotopic (exact) mass is 584 g/mol. The fraction of sp³-hybridized carbons (Fsp3) is 0.871. The fourth-order valence-corrected chi connectivity index (χ4v) is 8.36. The Morgan fingerprint density at radius 1 is 1.08 bits per heavy atom. The Bertz CT molecular complexity index is 798. The van der Waals surface area contributed by atoms with E-state index in [0.29, 0.717) is 19.3 Å². The Kier molecular flexibility index (Phi) is 14.3. The van der Waals surface area contributed by atoms with Gasteiger partial charge in [0.05, 0.1) is 30.8 Å². The molecule has 39 heavy (non-hydrogen) atoms. The van der Waals surface area contributed by atoms with E-state index in [1.165, 1.54) is 7.11 Å². The number of rotatable bonds is 17. The number of carbonyl (C=O) groups is 2. The Morgan fingerprint density at radius 2 is 1.72 bits per heavy atom. The van der Waals surface area contributed by atoms with E-state index in [9.17, 15) is 14.7 Å². The lowest BCUT2D eigenvalue weighted by molar-refractivity contribution is -0.140. The van der Waals surface area contributed by atoms with Crippen molar-refractivity contribution in [2.24, 2.45) is 11.8 Å². The van der Waals surface area contributed by atoms with Crippen molar-refractivity contribution < 1.29 is 28.3 Å². The van der Waals surface area contributed by atoms with Crippen molar-refractivity contribution in [3.63, 3.8) is 0 Å². The standard InChI is InChI=1S/C31H60O6Si2/c1-12-13-21-31(5,37-38(7,8)9)22-17-18-24-27(36-39(10,11)30(2,3)4)23-26(33)29(24)25(32)19-15-14-16-20-28(34)35-6/h17-18,24-25,27,29,32H,12-16,19-23H2,1-11H3/b18-17+/t24-,25?,27+,29-,31?/m0/s1. The molecule has 0 spiro atoms. The topological polar surface area (TPSA) is 82.1 Å². The van der Waals surface area contributed by atoms with Crippen LogP contribution in [0.4, 0.5) is 0 Å². The van der Waals surface area contributed by atoms with Crippen LogP contribution in [-0.4, -0.2) is 58.4 Å². The van der Waals surface area contributed by atoms with Crippen LogP contribution in [0.5, 0.6) is 0 Å². The summed E-state index contributed by atoms with van der Waals surface area (Å²) in [5.41, 5.74) is -0.233. The number of ether oxygens (including phenoxy) is 1. The van der Waals surface area contributed by atoms with Crippen molar-refractivity contribution in [3.8, 4) is 0 Å². The first-order valence-electron chi connectivity index (χ1n) is 15.2. The van der Waals surface area contributed by atoms with E-state index < -0.39 is 28.7 Å². The van der Waals surface area contributed by atoms with Gasteiger partial charge in [-0.1, -0.05) is 65.5 Å². The van der Waals surface area contributed by atoms with Gasteiger partial charge >= 0.3 is 5.97 Å². The van der Waals surface area contributed by atoms with Crippen LogP contribution >= 0.6 is 0 Å². The van der Waals surface area contributed by atoms with E-state index in [2.05, 4.69) is 79.5 Å². The van der Waals surface area contributed by atoms with Gasteiger partial charge in [-0.3, -0.25) is 9.59 Å². The Balaban J connectivity index is 3.12. The van der Waals surface area contributed by atoms with Crippen molar-refractivity contribution in [1.82, 2.24) is 0 Å². The van der Waals surface area contributed by atoms with Crippen molar-refractivity contribution in [1.29, 1.82) is 0 Å². The molecular weight excluding hydrogens is 525 g/mol. The highest BCUT2D eigenvalue weighted by atomic mass is 28.4. The molecule has 1 aliphatic rings. The van der Waals surface area contributed by atoms with Gasteiger partial charge in [-0.25, -0.2) is 0 Å². The van der Waals surface area contributed by atoms with Gasteiger partial charge < -0.3 is 18.7 Å². The van der Waals surface area contributed by atoms with Gasteiger partial charge in [0.15, 0.2) is 16.6 Å². The molecule has 0 heterocycles. The number of esters is 1. The van der Waals surface area contributed by atoms with Gasteiger partial charge in [0.2, 0.25) is 0 Å². The number of methoxy groups -OCH3 is 1. The van der Waals surface area contributed by atoms with Crippen LogP contribution in [0.1, 0.15) is 98.8 Å². The highest BCUT2D eigenvalue weighted by molar-refractivity contribution is 6.74. The zero-order chi connectivity index (χ0) is 30.1. The van der Waals surface area contributed by atoms with Crippen LogP contribution in [0.2, 0.25) is 37.8 Å². The summed E-state index contributed by atoms with van der Waals surface area (Å²) in [6.45, 7) is 22.2. The van der Waals surface area contributed by atoms with Crippen LogP contribution in [0.3, 0.4) is 0 Å². The zero-order valence-corrected chi connectivity index (χ0v) is 29.0. The molecule has 6 nitrogen and oxygen atoms in total. The number of Topliss-reactive ketones (excluding diaryl/α,β-unsaturated/α-hetero) is 1. The summed E-state index contributed by atoms with van der Waals surface area (Å²) >= 11 is 0. The lowest BCUT2D eigenvalue weighted by atomic mass is 9.85. The predicted molar refractivity (Wildman–Crippen MR) is 166 cm³/mol. The van der Waals surface area contributed by atoms with Gasteiger partial charge in [0.25, 0.3) is 0 Å². The molecule has 1 aliphatic carbocycles. The molecule has 5 atom stereocenters. The second kappa shape index (κ2) is 15.4. The Hall–Kier alpha value is -0.806. The van der Waals surface area contributed by atoms with E-state index in [0.717, 1.165) is 44.9 Å². The predicted octanol–water partition coefficient (Wildman–Crippen LogP) is 7.81. The SMILES string of the molecule is CCCCC(C)(C/C=C/[C@@H]1[C@@H](C(O)CCCCCC(=O)OC)C(=O)C[C@H]1O[Si](C)(C)C(C)(C)C)O[Si](C)(C)C. The smallest absolute Gasteiger partial charge is 0.305 e. The minimum absolute atomic E-state index is 0.0323. The Morgan fingerprint density at radius 3 is 2.26 bits per heavy atom. The van der Waals surface area contributed by atoms with Gasteiger partial charge in [-0.2, -0.15) is 0 Å². The third kappa shape index (κ3) is 12.3. The number of aliphatic hydroxyl groups excluding tert-OH is 1. The van der Waals surface area contributed by atoms with Crippen molar-refractivity contribution in [2.75, 3.05) is 7.11 Å². The zero-order valence-electron chi connectivity index (χ0n) is 27.0. The molecule has 0 bridgehead atoms. The molecule has 1 N–H and O–H groups in total. The first-order valence-corrected chi connectivity index (χ1v) is 21.5. The van der Waals surface area contributed by atoms with Crippen LogP contribution in [0.25, 0.3) is 0 Å². The van der Waals surface area contributed by atoms with Gasteiger partial charge in [0, 0.05) is 18.8 Å². The number of hydrogen-bond acceptors (Lipinski definition) is 6. The summed E-state index contributed by atoms with van der Waals surface area (Å²) in [7, 11) is -2.45. The average molecular weight is 585 g/mol. The summed E-state index contributed by atoms with van der Waals surface area (Å²) in [4.78, 5) is 24.7. The number of carbonyl (C=O) groups excluding carboxylic acids is 2. The molecule has 0 saturated heterocycles. The van der Waals surface area contributed by atoms with E-state index in [4.69, 9.17) is 13.6 Å². The van der Waals surface area contributed by atoms with Gasteiger partial charge in [-0.15, -0.1) is 0 Å². The largest absolute Gasteiger partial charge is 0.469 e. The highest BCUT2D eigenvalue weighted by Gasteiger charge is 2.49. The van der Waals surface area contributed by atoms with Crippen LogP contribution in [0, 0.1) is 11.8 Å². The summed E-state index contributed by atoms with van der Waals surface area (Å²) in [5.74, 6) is -0.723. The molecule has 0 amide bonds. The first kappa shape index (κ1) is 36.2. The molecule has 0 radical (unpaired) electrons. The quantitative estimate of drug-likeness (QED) is 0.0812.